The number of aromatic nitrogens is 7. The van der Waals surface area contributed by atoms with Crippen molar-refractivity contribution in [1.82, 2.24) is 39.7 Å². The number of aryl methyl sites for hydroxylation is 2. The van der Waals surface area contributed by atoms with E-state index in [1.54, 1.807) is 4.52 Å². The fourth-order valence-corrected chi connectivity index (χ4v) is 3.64. The number of hydrogen-bond acceptors (Lipinski definition) is 7. The van der Waals surface area contributed by atoms with E-state index in [9.17, 15) is 5.11 Å². The summed E-state index contributed by atoms with van der Waals surface area (Å²) in [5.41, 5.74) is 4.31. The largest absolute Gasteiger partial charge is 0.492 e. The van der Waals surface area contributed by atoms with E-state index in [1.807, 2.05) is 37.0 Å². The van der Waals surface area contributed by atoms with Crippen molar-refractivity contribution in [2.24, 2.45) is 0 Å². The van der Waals surface area contributed by atoms with Crippen LogP contribution in [-0.2, 0) is 0 Å². The van der Waals surface area contributed by atoms with E-state index < -0.39 is 0 Å². The lowest BCUT2D eigenvalue weighted by Crippen LogP contribution is -2.29. The van der Waals surface area contributed by atoms with Gasteiger partial charge in [-0.2, -0.15) is 15.2 Å². The molecule has 0 atom stereocenters. The minimum atomic E-state index is -0.121. The molecule has 9 heteroatoms. The molecule has 5 heterocycles. The summed E-state index contributed by atoms with van der Waals surface area (Å²) < 4.78 is 3.63. The Hall–Kier alpha value is -3.07. The number of nitrogens with zero attached hydrogens (tertiary/aromatic N) is 7. The number of fused-ring (bicyclic) bond motifs is 2. The Balaban J connectivity index is 1.61. The average molecular weight is 364 g/mol. The molecule has 4 aromatic heterocycles. The van der Waals surface area contributed by atoms with Gasteiger partial charge in [0.1, 0.15) is 11.2 Å². The summed E-state index contributed by atoms with van der Waals surface area (Å²) in [6, 6.07) is 2.20. The maximum absolute atomic E-state index is 10.4. The quantitative estimate of drug-likeness (QED) is 0.558. The first-order chi connectivity index (χ1) is 13.1. The van der Waals surface area contributed by atoms with Crippen molar-refractivity contribution in [2.75, 3.05) is 13.1 Å². The summed E-state index contributed by atoms with van der Waals surface area (Å²) in [7, 11) is 0. The Bertz CT molecular complexity index is 1160. The Morgan fingerprint density at radius 1 is 1.07 bits per heavy atom. The zero-order valence-electron chi connectivity index (χ0n) is 15.2. The third-order valence-electron chi connectivity index (χ3n) is 5.00. The first kappa shape index (κ1) is 16.1. The van der Waals surface area contributed by atoms with Crippen molar-refractivity contribution >= 4 is 16.7 Å². The fraction of sp³-hybridized carbons (Fsp3) is 0.389. The van der Waals surface area contributed by atoms with Gasteiger partial charge in [0.15, 0.2) is 17.0 Å². The minimum absolute atomic E-state index is 0.121. The van der Waals surface area contributed by atoms with Gasteiger partial charge in [0, 0.05) is 0 Å². The summed E-state index contributed by atoms with van der Waals surface area (Å²) in [5.74, 6) is 0.255. The lowest BCUT2D eigenvalue weighted by atomic mass is 10.1. The molecule has 9 nitrogen and oxygen atoms in total. The van der Waals surface area contributed by atoms with Crippen molar-refractivity contribution in [1.29, 1.82) is 0 Å². The Morgan fingerprint density at radius 3 is 2.70 bits per heavy atom. The fourth-order valence-electron chi connectivity index (χ4n) is 3.64. The van der Waals surface area contributed by atoms with Crippen LogP contribution in [0.3, 0.4) is 0 Å². The molecule has 0 amide bonds. The molecule has 5 rings (SSSR count). The predicted octanol–water partition coefficient (Wildman–Crippen LogP) is 1.78. The molecule has 1 aliphatic heterocycles. The van der Waals surface area contributed by atoms with Crippen molar-refractivity contribution in [2.45, 2.75) is 32.7 Å². The molecule has 2 N–H and O–H groups in total. The van der Waals surface area contributed by atoms with Crippen molar-refractivity contribution in [3.05, 3.63) is 29.7 Å². The minimum Gasteiger partial charge on any atom is -0.492 e. The van der Waals surface area contributed by atoms with Crippen LogP contribution in [-0.4, -0.2) is 52.5 Å². The summed E-state index contributed by atoms with van der Waals surface area (Å²) in [6.45, 7) is 5.84. The van der Waals surface area contributed by atoms with E-state index >= 15 is 0 Å². The second-order valence-corrected chi connectivity index (χ2v) is 7.06. The van der Waals surface area contributed by atoms with Crippen LogP contribution in [0.25, 0.3) is 28.2 Å². The number of piperidine rings is 1. The predicted molar refractivity (Wildman–Crippen MR) is 99.6 cm³/mol. The number of nitrogens with one attached hydrogen (secondary N) is 1. The normalized spacial score (nSPS) is 15.8. The van der Waals surface area contributed by atoms with Gasteiger partial charge in [-0.25, -0.2) is 14.5 Å². The van der Waals surface area contributed by atoms with Gasteiger partial charge < -0.3 is 10.4 Å². The molecule has 1 aliphatic rings. The Morgan fingerprint density at radius 2 is 1.89 bits per heavy atom. The van der Waals surface area contributed by atoms with Crippen LogP contribution in [0.2, 0.25) is 0 Å². The highest BCUT2D eigenvalue weighted by molar-refractivity contribution is 5.80. The van der Waals surface area contributed by atoms with Gasteiger partial charge in [-0.1, -0.05) is 0 Å². The molecule has 27 heavy (non-hydrogen) atoms. The van der Waals surface area contributed by atoms with Crippen molar-refractivity contribution in [3.63, 3.8) is 0 Å². The van der Waals surface area contributed by atoms with Crippen molar-refractivity contribution in [3.8, 4) is 17.4 Å². The standard InChI is InChI=1S/C18H20N8O/c1-10-7-13(23-26-8-11(2)20-17(10)26)16-21-14-9-25(12-3-5-19-6-4-12)24-15(14)18(27)22-16/h7-9,12,19H,3-6H2,1-2H3,(H,21,22,27). The molecule has 1 saturated heterocycles. The second kappa shape index (κ2) is 5.98. The van der Waals surface area contributed by atoms with Crippen LogP contribution in [0.1, 0.15) is 30.1 Å². The number of rotatable bonds is 2. The second-order valence-electron chi connectivity index (χ2n) is 7.06. The van der Waals surface area contributed by atoms with Crippen LogP contribution in [0.15, 0.2) is 18.5 Å². The molecule has 0 aliphatic carbocycles. The van der Waals surface area contributed by atoms with Gasteiger partial charge in [-0.05, 0) is 51.4 Å². The number of imidazole rings is 1. The maximum Gasteiger partial charge on any atom is 0.243 e. The highest BCUT2D eigenvalue weighted by atomic mass is 16.3. The molecule has 0 aromatic carbocycles. The number of hydrogen-bond donors (Lipinski definition) is 2. The van der Waals surface area contributed by atoms with Gasteiger partial charge in [-0.15, -0.1) is 0 Å². The molecular formula is C18H20N8O. The molecule has 0 unspecified atom stereocenters. The SMILES string of the molecule is Cc1cn2nc(-c3nc(O)c4nn(C5CCNCC5)cc4n3)cc(C)c2n1. The van der Waals surface area contributed by atoms with Crippen LogP contribution in [0.4, 0.5) is 0 Å². The lowest BCUT2D eigenvalue weighted by molar-refractivity contribution is 0.344. The van der Waals surface area contributed by atoms with Crippen LogP contribution < -0.4 is 5.32 Å². The monoisotopic (exact) mass is 364 g/mol. The molecule has 0 saturated carbocycles. The van der Waals surface area contributed by atoms with E-state index in [1.165, 1.54) is 0 Å². The average Bonchev–Trinajstić information content (AvgIpc) is 3.26. The lowest BCUT2D eigenvalue weighted by Gasteiger charge is -2.22. The van der Waals surface area contributed by atoms with Gasteiger partial charge in [-0.3, -0.25) is 4.68 Å². The third-order valence-corrected chi connectivity index (χ3v) is 5.00. The molecule has 4 aromatic rings. The van der Waals surface area contributed by atoms with Crippen LogP contribution in [0.5, 0.6) is 5.88 Å². The zero-order chi connectivity index (χ0) is 18.5. The Kier molecular flexibility index (Phi) is 3.57. The number of aromatic hydroxyl groups is 1. The summed E-state index contributed by atoms with van der Waals surface area (Å²) >= 11 is 0. The maximum atomic E-state index is 10.4. The van der Waals surface area contributed by atoms with E-state index in [0.717, 1.165) is 42.8 Å². The summed E-state index contributed by atoms with van der Waals surface area (Å²) in [6.07, 6.45) is 5.77. The zero-order valence-corrected chi connectivity index (χ0v) is 15.2. The highest BCUT2D eigenvalue weighted by Gasteiger charge is 2.20. The summed E-state index contributed by atoms with van der Waals surface area (Å²) in [5, 5.41) is 22.8. The van der Waals surface area contributed by atoms with Crippen LogP contribution in [0, 0.1) is 13.8 Å². The first-order valence-corrected chi connectivity index (χ1v) is 9.09. The van der Waals surface area contributed by atoms with E-state index in [4.69, 9.17) is 0 Å². The Labute approximate surface area is 155 Å². The molecule has 138 valence electrons. The van der Waals surface area contributed by atoms with E-state index in [2.05, 4.69) is 30.5 Å². The topological polar surface area (TPSA) is 106 Å². The summed E-state index contributed by atoms with van der Waals surface area (Å²) in [4.78, 5) is 13.3. The van der Waals surface area contributed by atoms with Gasteiger partial charge in [0.2, 0.25) is 5.88 Å². The van der Waals surface area contributed by atoms with Crippen molar-refractivity contribution < 1.29 is 5.11 Å². The van der Waals surface area contributed by atoms with Gasteiger partial charge in [0.25, 0.3) is 0 Å². The first-order valence-electron chi connectivity index (χ1n) is 9.09. The van der Waals surface area contributed by atoms with Crippen LogP contribution >= 0.6 is 0 Å². The molecular weight excluding hydrogens is 344 g/mol. The van der Waals surface area contributed by atoms with E-state index in [-0.39, 0.29) is 5.88 Å². The molecule has 0 spiro atoms. The highest BCUT2D eigenvalue weighted by Crippen LogP contribution is 2.27. The third kappa shape index (κ3) is 2.71. The van der Waals surface area contributed by atoms with Gasteiger partial charge in [0.05, 0.1) is 24.1 Å². The smallest absolute Gasteiger partial charge is 0.243 e. The van der Waals surface area contributed by atoms with Gasteiger partial charge >= 0.3 is 0 Å². The molecule has 0 radical (unpaired) electrons. The molecule has 1 fully saturated rings. The molecule has 0 bridgehead atoms. The van der Waals surface area contributed by atoms with E-state index in [0.29, 0.717) is 28.6 Å².